The van der Waals surface area contributed by atoms with Crippen LogP contribution in [0.2, 0.25) is 0 Å². The van der Waals surface area contributed by atoms with E-state index >= 15 is 0 Å². The summed E-state index contributed by atoms with van der Waals surface area (Å²) in [6.45, 7) is 4.00. The van der Waals surface area contributed by atoms with Crippen molar-refractivity contribution in [2.75, 3.05) is 14.2 Å². The monoisotopic (exact) mass is 291 g/mol. The Labute approximate surface area is 122 Å². The highest BCUT2D eigenvalue weighted by Gasteiger charge is 2.14. The van der Waals surface area contributed by atoms with E-state index in [1.165, 1.54) is 14.2 Å². The Kier molecular flexibility index (Phi) is 4.47. The SMILES string of the molecule is COC(=O)c1ccc(OCc2c(C)noc2C)c(OC)c1. The number of carbonyl (C=O) groups excluding carboxylic acids is 1. The summed E-state index contributed by atoms with van der Waals surface area (Å²) in [6.07, 6.45) is 0. The standard InChI is InChI=1S/C15H17NO5/c1-9-12(10(2)21-16-9)8-20-13-6-5-11(15(17)19-4)7-14(13)18-3/h5-7H,8H2,1-4H3. The molecule has 2 aromatic rings. The third-order valence-corrected chi connectivity index (χ3v) is 3.14. The fourth-order valence-corrected chi connectivity index (χ4v) is 1.89. The van der Waals surface area contributed by atoms with Gasteiger partial charge in [0.25, 0.3) is 0 Å². The van der Waals surface area contributed by atoms with Crippen molar-refractivity contribution < 1.29 is 23.5 Å². The summed E-state index contributed by atoms with van der Waals surface area (Å²) >= 11 is 0. The number of hydrogen-bond donors (Lipinski definition) is 0. The van der Waals surface area contributed by atoms with Gasteiger partial charge in [0, 0.05) is 0 Å². The van der Waals surface area contributed by atoms with Crippen molar-refractivity contribution in [1.82, 2.24) is 5.16 Å². The number of aromatic nitrogens is 1. The van der Waals surface area contributed by atoms with Crippen molar-refractivity contribution in [3.63, 3.8) is 0 Å². The lowest BCUT2D eigenvalue weighted by molar-refractivity contribution is 0.0600. The Bertz CT molecular complexity index is 628. The van der Waals surface area contributed by atoms with Gasteiger partial charge in [-0.3, -0.25) is 0 Å². The molecule has 2 rings (SSSR count). The number of carbonyl (C=O) groups is 1. The molecule has 21 heavy (non-hydrogen) atoms. The topological polar surface area (TPSA) is 70.8 Å². The molecule has 0 aliphatic rings. The summed E-state index contributed by atoms with van der Waals surface area (Å²) in [5, 5.41) is 3.87. The number of ether oxygens (including phenoxy) is 3. The van der Waals surface area contributed by atoms with Crippen molar-refractivity contribution in [2.24, 2.45) is 0 Å². The zero-order valence-corrected chi connectivity index (χ0v) is 12.4. The predicted molar refractivity (Wildman–Crippen MR) is 74.6 cm³/mol. The quantitative estimate of drug-likeness (QED) is 0.789. The molecule has 1 heterocycles. The van der Waals surface area contributed by atoms with Crippen molar-refractivity contribution >= 4 is 5.97 Å². The molecule has 0 radical (unpaired) electrons. The number of aryl methyl sites for hydroxylation is 2. The molecule has 0 bridgehead atoms. The molecule has 0 unspecified atom stereocenters. The second kappa shape index (κ2) is 6.30. The van der Waals surface area contributed by atoms with Crippen LogP contribution in [0.15, 0.2) is 22.7 Å². The van der Waals surface area contributed by atoms with Crippen molar-refractivity contribution in [3.8, 4) is 11.5 Å². The van der Waals surface area contributed by atoms with E-state index in [9.17, 15) is 4.79 Å². The van der Waals surface area contributed by atoms with Gasteiger partial charge in [0.1, 0.15) is 12.4 Å². The minimum absolute atomic E-state index is 0.315. The van der Waals surface area contributed by atoms with Crippen molar-refractivity contribution in [1.29, 1.82) is 0 Å². The van der Waals surface area contributed by atoms with E-state index in [1.54, 1.807) is 18.2 Å². The van der Waals surface area contributed by atoms with E-state index in [4.69, 9.17) is 14.0 Å². The lowest BCUT2D eigenvalue weighted by atomic mass is 10.2. The maximum atomic E-state index is 11.5. The summed E-state index contributed by atoms with van der Waals surface area (Å²) in [7, 11) is 2.84. The van der Waals surface area contributed by atoms with Crippen LogP contribution in [0.25, 0.3) is 0 Å². The maximum Gasteiger partial charge on any atom is 0.337 e. The first-order valence-corrected chi connectivity index (χ1v) is 6.37. The Hall–Kier alpha value is -2.50. The van der Waals surface area contributed by atoms with E-state index < -0.39 is 5.97 Å². The molecule has 0 saturated carbocycles. The minimum Gasteiger partial charge on any atom is -0.493 e. The van der Waals surface area contributed by atoms with Gasteiger partial charge in [-0.1, -0.05) is 5.16 Å². The molecule has 0 aliphatic heterocycles. The van der Waals surface area contributed by atoms with Crippen LogP contribution in [0.3, 0.4) is 0 Å². The maximum absolute atomic E-state index is 11.5. The summed E-state index contributed by atoms with van der Waals surface area (Å²) < 4.78 is 20.7. The average molecular weight is 291 g/mol. The van der Waals surface area contributed by atoms with E-state index in [-0.39, 0.29) is 0 Å². The molecule has 0 N–H and O–H groups in total. The average Bonchev–Trinajstić information content (AvgIpc) is 2.83. The smallest absolute Gasteiger partial charge is 0.337 e. The van der Waals surface area contributed by atoms with Gasteiger partial charge in [-0.2, -0.15) is 0 Å². The van der Waals surface area contributed by atoms with Crippen LogP contribution in [0.5, 0.6) is 11.5 Å². The molecule has 0 amide bonds. The molecule has 6 nitrogen and oxygen atoms in total. The van der Waals surface area contributed by atoms with Gasteiger partial charge in [0.15, 0.2) is 11.5 Å². The molecule has 112 valence electrons. The summed E-state index contributed by atoms with van der Waals surface area (Å²) in [5.41, 5.74) is 2.09. The lowest BCUT2D eigenvalue weighted by Gasteiger charge is -2.11. The van der Waals surface area contributed by atoms with Gasteiger partial charge >= 0.3 is 5.97 Å². The van der Waals surface area contributed by atoms with Crippen LogP contribution in [0, 0.1) is 13.8 Å². The molecule has 1 aromatic carbocycles. The van der Waals surface area contributed by atoms with Gasteiger partial charge < -0.3 is 18.7 Å². The van der Waals surface area contributed by atoms with Crippen LogP contribution in [0.4, 0.5) is 0 Å². The third-order valence-electron chi connectivity index (χ3n) is 3.14. The Morgan fingerprint density at radius 3 is 2.57 bits per heavy atom. The minimum atomic E-state index is -0.425. The Morgan fingerprint density at radius 2 is 2.00 bits per heavy atom. The molecular formula is C15H17NO5. The number of esters is 1. The largest absolute Gasteiger partial charge is 0.493 e. The zero-order valence-electron chi connectivity index (χ0n) is 12.4. The van der Waals surface area contributed by atoms with Crippen LogP contribution >= 0.6 is 0 Å². The van der Waals surface area contributed by atoms with Crippen molar-refractivity contribution in [2.45, 2.75) is 20.5 Å². The first-order chi connectivity index (χ1) is 10.1. The second-order valence-electron chi connectivity index (χ2n) is 4.45. The van der Waals surface area contributed by atoms with Crippen LogP contribution < -0.4 is 9.47 Å². The zero-order chi connectivity index (χ0) is 15.4. The van der Waals surface area contributed by atoms with E-state index in [0.717, 1.165) is 17.0 Å². The molecule has 0 spiro atoms. The first-order valence-electron chi connectivity index (χ1n) is 6.37. The van der Waals surface area contributed by atoms with Crippen LogP contribution in [-0.2, 0) is 11.3 Å². The lowest BCUT2D eigenvalue weighted by Crippen LogP contribution is -2.03. The van der Waals surface area contributed by atoms with E-state index in [2.05, 4.69) is 9.89 Å². The summed E-state index contributed by atoms with van der Waals surface area (Å²) in [4.78, 5) is 11.5. The van der Waals surface area contributed by atoms with Gasteiger partial charge in [-0.15, -0.1) is 0 Å². The molecule has 1 aromatic heterocycles. The fourth-order valence-electron chi connectivity index (χ4n) is 1.89. The summed E-state index contributed by atoms with van der Waals surface area (Å²) in [5.74, 6) is 1.29. The predicted octanol–water partition coefficient (Wildman–Crippen LogP) is 2.67. The van der Waals surface area contributed by atoms with Gasteiger partial charge in [0.2, 0.25) is 0 Å². The highest BCUT2D eigenvalue weighted by Crippen LogP contribution is 2.29. The fraction of sp³-hybridized carbons (Fsp3) is 0.333. The number of hydrogen-bond acceptors (Lipinski definition) is 6. The second-order valence-corrected chi connectivity index (χ2v) is 4.45. The Morgan fingerprint density at radius 1 is 1.24 bits per heavy atom. The van der Waals surface area contributed by atoms with E-state index in [0.29, 0.717) is 23.7 Å². The van der Waals surface area contributed by atoms with Gasteiger partial charge in [-0.05, 0) is 32.0 Å². The third kappa shape index (κ3) is 3.16. The number of rotatable bonds is 5. The highest BCUT2D eigenvalue weighted by molar-refractivity contribution is 5.90. The van der Waals surface area contributed by atoms with Crippen LogP contribution in [0.1, 0.15) is 27.4 Å². The van der Waals surface area contributed by atoms with Crippen molar-refractivity contribution in [3.05, 3.63) is 40.8 Å². The number of benzene rings is 1. The number of methoxy groups -OCH3 is 2. The van der Waals surface area contributed by atoms with Gasteiger partial charge in [-0.25, -0.2) is 4.79 Å². The Balaban J connectivity index is 2.18. The molecule has 0 aliphatic carbocycles. The highest BCUT2D eigenvalue weighted by atomic mass is 16.5. The molecule has 0 saturated heterocycles. The summed E-state index contributed by atoms with van der Waals surface area (Å²) in [6, 6.07) is 4.87. The van der Waals surface area contributed by atoms with Gasteiger partial charge in [0.05, 0.1) is 31.0 Å². The number of nitrogens with zero attached hydrogens (tertiary/aromatic N) is 1. The molecule has 0 fully saturated rings. The molecule has 0 atom stereocenters. The van der Waals surface area contributed by atoms with Crippen LogP contribution in [-0.4, -0.2) is 25.3 Å². The van der Waals surface area contributed by atoms with E-state index in [1.807, 2.05) is 13.8 Å². The molecule has 6 heteroatoms. The normalized spacial score (nSPS) is 10.3. The first kappa shape index (κ1) is 14.9. The molecular weight excluding hydrogens is 274 g/mol.